The van der Waals surface area contributed by atoms with Crippen LogP contribution in [0.15, 0.2) is 59.5 Å². The van der Waals surface area contributed by atoms with E-state index in [4.69, 9.17) is 12.2 Å². The lowest BCUT2D eigenvalue weighted by Gasteiger charge is -2.31. The summed E-state index contributed by atoms with van der Waals surface area (Å²) in [6, 6.07) is 19.7. The van der Waals surface area contributed by atoms with Gasteiger partial charge < -0.3 is 9.80 Å². The molecule has 2 nitrogen and oxygen atoms in total. The largest absolute Gasteiger partial charge is 0.342 e. The minimum atomic E-state index is 0.501. The molecule has 0 bridgehead atoms. The second-order valence-corrected chi connectivity index (χ2v) is 6.88. The number of hydrogen-bond donors (Lipinski definition) is 0. The Balaban J connectivity index is 1.61. The van der Waals surface area contributed by atoms with Crippen molar-refractivity contribution in [1.29, 1.82) is 0 Å². The molecule has 21 heavy (non-hydrogen) atoms. The van der Waals surface area contributed by atoms with Gasteiger partial charge in [-0.25, -0.2) is 0 Å². The van der Waals surface area contributed by atoms with E-state index in [1.54, 1.807) is 0 Å². The van der Waals surface area contributed by atoms with Gasteiger partial charge in [-0.2, -0.15) is 0 Å². The zero-order valence-electron chi connectivity index (χ0n) is 11.6. The van der Waals surface area contributed by atoms with E-state index in [1.165, 1.54) is 16.1 Å². The summed E-state index contributed by atoms with van der Waals surface area (Å²) in [5.74, 6) is 1.11. The van der Waals surface area contributed by atoms with E-state index in [-0.39, 0.29) is 0 Å². The molecule has 0 radical (unpaired) electrons. The highest BCUT2D eigenvalue weighted by Crippen LogP contribution is 2.40. The van der Waals surface area contributed by atoms with Crippen molar-refractivity contribution in [1.82, 2.24) is 4.90 Å². The summed E-state index contributed by atoms with van der Waals surface area (Å²) in [6.07, 6.45) is 0. The molecule has 2 aromatic carbocycles. The summed E-state index contributed by atoms with van der Waals surface area (Å²) in [4.78, 5) is 6.03. The number of benzene rings is 2. The van der Waals surface area contributed by atoms with Gasteiger partial charge in [0.1, 0.15) is 0 Å². The molecule has 4 rings (SSSR count). The molecule has 1 unspecified atom stereocenters. The van der Waals surface area contributed by atoms with Crippen molar-refractivity contribution in [2.75, 3.05) is 17.2 Å². The van der Waals surface area contributed by atoms with Gasteiger partial charge >= 0.3 is 0 Å². The molecule has 4 heteroatoms. The number of anilines is 1. The molecule has 0 amide bonds. The van der Waals surface area contributed by atoms with E-state index in [1.807, 2.05) is 11.8 Å². The highest BCUT2D eigenvalue weighted by molar-refractivity contribution is 7.99. The van der Waals surface area contributed by atoms with Crippen molar-refractivity contribution < 1.29 is 0 Å². The van der Waals surface area contributed by atoms with Crippen LogP contribution in [0.3, 0.4) is 0 Å². The topological polar surface area (TPSA) is 6.48 Å². The van der Waals surface area contributed by atoms with Crippen LogP contribution in [0.25, 0.3) is 0 Å². The molecule has 1 saturated heterocycles. The lowest BCUT2D eigenvalue weighted by molar-refractivity contribution is 0.441. The van der Waals surface area contributed by atoms with Crippen LogP contribution in [0.5, 0.6) is 0 Å². The Hall–Kier alpha value is -1.52. The number of thiocarbonyl (C=S) groups is 1. The van der Waals surface area contributed by atoms with Gasteiger partial charge in [-0.05, 0) is 29.9 Å². The van der Waals surface area contributed by atoms with Crippen LogP contribution in [0.4, 0.5) is 5.69 Å². The smallest absolute Gasteiger partial charge is 0.176 e. The SMILES string of the molecule is S=C1N(Cc2ccccc2)CC2CSc3ccccc3N12. The van der Waals surface area contributed by atoms with Gasteiger partial charge in [-0.3, -0.25) is 0 Å². The first-order valence-corrected chi connectivity index (χ1v) is 8.56. The van der Waals surface area contributed by atoms with Crippen molar-refractivity contribution in [3.05, 3.63) is 60.2 Å². The lowest BCUT2D eigenvalue weighted by Crippen LogP contribution is -2.38. The Morgan fingerprint density at radius 3 is 2.67 bits per heavy atom. The third-order valence-corrected chi connectivity index (χ3v) is 5.71. The minimum absolute atomic E-state index is 0.501. The van der Waals surface area contributed by atoms with Crippen molar-refractivity contribution in [3.63, 3.8) is 0 Å². The highest BCUT2D eigenvalue weighted by Gasteiger charge is 2.38. The Kier molecular flexibility index (Phi) is 3.36. The summed E-state index contributed by atoms with van der Waals surface area (Å²) < 4.78 is 0. The average Bonchev–Trinajstić information content (AvgIpc) is 2.85. The third-order valence-electron chi connectivity index (χ3n) is 4.05. The fourth-order valence-corrected chi connectivity index (χ4v) is 4.55. The van der Waals surface area contributed by atoms with Crippen LogP contribution in [0.1, 0.15) is 5.56 Å². The van der Waals surface area contributed by atoms with Gasteiger partial charge in [0.05, 0.1) is 11.7 Å². The van der Waals surface area contributed by atoms with Gasteiger partial charge in [0.2, 0.25) is 0 Å². The van der Waals surface area contributed by atoms with E-state index >= 15 is 0 Å². The van der Waals surface area contributed by atoms with Gasteiger partial charge in [-0.1, -0.05) is 42.5 Å². The molecule has 1 atom stereocenters. The molecule has 0 aliphatic carbocycles. The molecular weight excluding hydrogens is 296 g/mol. The first kappa shape index (κ1) is 13.2. The average molecular weight is 312 g/mol. The molecule has 0 N–H and O–H groups in total. The Morgan fingerprint density at radius 1 is 1.05 bits per heavy atom. The van der Waals surface area contributed by atoms with Gasteiger partial charge in [0.25, 0.3) is 0 Å². The number of thioether (sulfide) groups is 1. The summed E-state index contributed by atoms with van der Waals surface area (Å²) in [5, 5.41) is 0.969. The molecule has 106 valence electrons. The Labute approximate surface area is 134 Å². The standard InChI is InChI=1S/C17H16N2S2/c20-17-18(10-13-6-2-1-3-7-13)11-14-12-21-16-9-5-4-8-15(16)19(14)17/h1-9,14H,10-12H2. The summed E-state index contributed by atoms with van der Waals surface area (Å²) in [6.45, 7) is 1.93. The molecule has 1 fully saturated rings. The van der Waals surface area contributed by atoms with Crippen LogP contribution >= 0.6 is 24.0 Å². The molecule has 2 aliphatic heterocycles. The summed E-state index contributed by atoms with van der Waals surface area (Å²) in [5.41, 5.74) is 2.60. The van der Waals surface area contributed by atoms with Gasteiger partial charge in [0, 0.05) is 23.7 Å². The molecule has 0 saturated carbocycles. The second-order valence-electron chi connectivity index (χ2n) is 5.45. The first-order chi connectivity index (χ1) is 10.3. The zero-order valence-corrected chi connectivity index (χ0v) is 13.2. The maximum absolute atomic E-state index is 5.76. The zero-order chi connectivity index (χ0) is 14.2. The quantitative estimate of drug-likeness (QED) is 0.779. The van der Waals surface area contributed by atoms with E-state index < -0.39 is 0 Å². The number of nitrogens with zero attached hydrogens (tertiary/aromatic N) is 2. The maximum atomic E-state index is 5.76. The molecule has 0 aromatic heterocycles. The molecule has 2 aromatic rings. The maximum Gasteiger partial charge on any atom is 0.176 e. The van der Waals surface area contributed by atoms with E-state index in [9.17, 15) is 0 Å². The monoisotopic (exact) mass is 312 g/mol. The summed E-state index contributed by atoms with van der Waals surface area (Å²) >= 11 is 7.70. The number of fused-ring (bicyclic) bond motifs is 3. The van der Waals surface area contributed by atoms with Crippen LogP contribution in [0, 0.1) is 0 Å². The van der Waals surface area contributed by atoms with E-state index in [0.29, 0.717) is 6.04 Å². The van der Waals surface area contributed by atoms with Crippen molar-refractivity contribution >= 4 is 34.8 Å². The predicted molar refractivity (Wildman–Crippen MR) is 92.9 cm³/mol. The summed E-state index contributed by atoms with van der Waals surface area (Å²) in [7, 11) is 0. The highest BCUT2D eigenvalue weighted by atomic mass is 32.2. The first-order valence-electron chi connectivity index (χ1n) is 7.17. The minimum Gasteiger partial charge on any atom is -0.342 e. The molecule has 2 aliphatic rings. The predicted octanol–water partition coefficient (Wildman–Crippen LogP) is 3.77. The van der Waals surface area contributed by atoms with Crippen LogP contribution in [-0.2, 0) is 6.54 Å². The number of hydrogen-bond acceptors (Lipinski definition) is 2. The van der Waals surface area contributed by atoms with Crippen LogP contribution < -0.4 is 4.90 Å². The second kappa shape index (κ2) is 5.35. The van der Waals surface area contributed by atoms with Crippen molar-refractivity contribution in [3.8, 4) is 0 Å². The van der Waals surface area contributed by atoms with Crippen LogP contribution in [-0.4, -0.2) is 28.4 Å². The van der Waals surface area contributed by atoms with Gasteiger partial charge in [0.15, 0.2) is 5.11 Å². The third kappa shape index (κ3) is 2.32. The van der Waals surface area contributed by atoms with Crippen molar-refractivity contribution in [2.45, 2.75) is 17.5 Å². The molecular formula is C17H16N2S2. The lowest BCUT2D eigenvalue weighted by atomic mass is 10.2. The number of rotatable bonds is 2. The molecule has 0 spiro atoms. The number of para-hydroxylation sites is 1. The van der Waals surface area contributed by atoms with Crippen molar-refractivity contribution in [2.24, 2.45) is 0 Å². The fraction of sp³-hybridized carbons (Fsp3) is 0.235. The van der Waals surface area contributed by atoms with E-state index in [2.05, 4.69) is 64.4 Å². The fourth-order valence-electron chi connectivity index (χ4n) is 3.05. The molecule has 2 heterocycles. The van der Waals surface area contributed by atoms with Gasteiger partial charge in [-0.15, -0.1) is 11.8 Å². The Morgan fingerprint density at radius 2 is 1.81 bits per heavy atom. The van der Waals surface area contributed by atoms with Crippen LogP contribution in [0.2, 0.25) is 0 Å². The normalized spacial score (nSPS) is 20.4. The Bertz CT molecular complexity index is 672. The van der Waals surface area contributed by atoms with E-state index in [0.717, 1.165) is 24.0 Å².